The summed E-state index contributed by atoms with van der Waals surface area (Å²) in [6, 6.07) is 16.2. The maximum Gasteiger partial charge on any atom is 0.300 e. The van der Waals surface area contributed by atoms with Gasteiger partial charge >= 0.3 is 0 Å². The number of carbonyl (C=O) groups is 2. The van der Waals surface area contributed by atoms with Gasteiger partial charge < -0.3 is 16.4 Å². The van der Waals surface area contributed by atoms with Gasteiger partial charge in [0, 0.05) is 37.6 Å². The van der Waals surface area contributed by atoms with Gasteiger partial charge in [0.2, 0.25) is 0 Å². The van der Waals surface area contributed by atoms with Gasteiger partial charge in [-0.25, -0.2) is 0 Å². The summed E-state index contributed by atoms with van der Waals surface area (Å²) in [6.45, 7) is 3.31. The van der Waals surface area contributed by atoms with Gasteiger partial charge in [-0.1, -0.05) is 12.1 Å². The van der Waals surface area contributed by atoms with Crippen molar-refractivity contribution in [2.45, 2.75) is 19.8 Å². The zero-order chi connectivity index (χ0) is 29.6. The number of aryl methyl sites for hydroxylation is 1. The van der Waals surface area contributed by atoms with E-state index in [4.69, 9.17) is 16.7 Å². The first-order valence-electron chi connectivity index (χ1n) is 12.1. The number of unbranched alkanes of at least 4 members (excludes halogenated alkanes) is 1. The Kier molecular flexibility index (Phi) is 8.97. The molecular weight excluding hydrogens is 518 g/mol. The Morgan fingerprint density at radius 3 is 2.10 bits per heavy atom. The van der Waals surface area contributed by atoms with Gasteiger partial charge in [-0.3, -0.25) is 34.7 Å². The lowest BCUT2D eigenvalue weighted by Gasteiger charge is -2.21. The molecular formula is C27H27N7O6. The first kappa shape index (κ1) is 29.1. The number of nitrogens with two attached hydrogens (primary N) is 2. The molecule has 1 heterocycles. The van der Waals surface area contributed by atoms with E-state index in [1.54, 1.807) is 30.3 Å². The largest absolute Gasteiger partial charge is 0.399 e. The number of non-ortho nitro benzene ring substituents is 1. The molecule has 1 aliphatic rings. The number of amides is 2. The second kappa shape index (κ2) is 12.4. The first-order valence-corrected chi connectivity index (χ1v) is 12.1. The predicted molar refractivity (Wildman–Crippen MR) is 149 cm³/mol. The van der Waals surface area contributed by atoms with Gasteiger partial charge in [0.1, 0.15) is 11.8 Å². The maximum absolute atomic E-state index is 12.3. The van der Waals surface area contributed by atoms with E-state index >= 15 is 0 Å². The number of imide groups is 1. The molecule has 4 N–H and O–H groups in total. The van der Waals surface area contributed by atoms with Gasteiger partial charge in [-0.15, -0.1) is 0 Å². The average Bonchev–Trinajstić information content (AvgIpc) is 3.17. The van der Waals surface area contributed by atoms with Crippen LogP contribution in [0, 0.1) is 38.5 Å². The molecule has 3 aromatic rings. The third kappa shape index (κ3) is 6.30. The molecule has 0 unspecified atom stereocenters. The van der Waals surface area contributed by atoms with Crippen molar-refractivity contribution in [3.05, 3.63) is 97.1 Å². The Labute approximate surface area is 229 Å². The van der Waals surface area contributed by atoms with Crippen molar-refractivity contribution in [2.24, 2.45) is 0 Å². The van der Waals surface area contributed by atoms with Crippen LogP contribution < -0.4 is 16.4 Å². The Morgan fingerprint density at radius 1 is 0.950 bits per heavy atom. The van der Waals surface area contributed by atoms with Crippen molar-refractivity contribution in [1.82, 2.24) is 4.90 Å². The number of benzene rings is 3. The van der Waals surface area contributed by atoms with E-state index in [9.17, 15) is 29.8 Å². The molecule has 13 heteroatoms. The summed E-state index contributed by atoms with van der Waals surface area (Å²) in [7, 11) is 2.03. The third-order valence-corrected chi connectivity index (χ3v) is 6.37. The normalized spacial score (nSPS) is 11.8. The van der Waals surface area contributed by atoms with Crippen LogP contribution in [0.3, 0.4) is 0 Å². The van der Waals surface area contributed by atoms with Gasteiger partial charge in [0.15, 0.2) is 0 Å². The summed E-state index contributed by atoms with van der Waals surface area (Å²) in [5, 5.41) is 29.4. The molecule has 0 spiro atoms. The topological polar surface area (TPSA) is 203 Å². The number of hydrogen-bond donors (Lipinski definition) is 2. The molecule has 206 valence electrons. The molecule has 0 atom stereocenters. The highest BCUT2D eigenvalue weighted by atomic mass is 16.6. The second-order valence-corrected chi connectivity index (χ2v) is 9.03. The molecule has 0 saturated carbocycles. The quantitative estimate of drug-likeness (QED) is 0.137. The van der Waals surface area contributed by atoms with Crippen LogP contribution in [0.4, 0.5) is 28.4 Å². The fraction of sp³-hybridized carbons (Fsp3) is 0.222. The molecule has 0 aromatic heterocycles. The van der Waals surface area contributed by atoms with E-state index in [1.807, 2.05) is 26.1 Å². The third-order valence-electron chi connectivity index (χ3n) is 6.37. The molecule has 13 nitrogen and oxygen atoms in total. The van der Waals surface area contributed by atoms with Gasteiger partial charge in [0.25, 0.3) is 23.2 Å². The summed E-state index contributed by atoms with van der Waals surface area (Å²) in [4.78, 5) is 47.3. The van der Waals surface area contributed by atoms with Crippen LogP contribution in [-0.2, 0) is 0 Å². The highest BCUT2D eigenvalue weighted by Gasteiger charge is 2.34. The Bertz CT molecular complexity index is 1500. The van der Waals surface area contributed by atoms with E-state index in [1.165, 1.54) is 4.90 Å². The highest BCUT2D eigenvalue weighted by Crippen LogP contribution is 2.30. The molecule has 0 aliphatic carbocycles. The minimum Gasteiger partial charge on any atom is -0.399 e. The summed E-state index contributed by atoms with van der Waals surface area (Å²) < 4.78 is 0. The molecule has 0 bridgehead atoms. The van der Waals surface area contributed by atoms with Crippen LogP contribution in [-0.4, -0.2) is 46.7 Å². The van der Waals surface area contributed by atoms with Crippen LogP contribution in [0.25, 0.3) is 0 Å². The van der Waals surface area contributed by atoms with E-state index in [-0.39, 0.29) is 23.1 Å². The Balaban J connectivity index is 0.000000252. The van der Waals surface area contributed by atoms with Gasteiger partial charge in [0.05, 0.1) is 32.6 Å². The lowest BCUT2D eigenvalue weighted by Crippen LogP contribution is -2.31. The van der Waals surface area contributed by atoms with Gasteiger partial charge in [-0.05, 0) is 55.7 Å². The van der Waals surface area contributed by atoms with E-state index in [0.29, 0.717) is 17.7 Å². The minimum atomic E-state index is -0.872. The average molecular weight is 546 g/mol. The van der Waals surface area contributed by atoms with Crippen molar-refractivity contribution in [3.8, 4) is 6.07 Å². The number of anilines is 3. The fourth-order valence-corrected chi connectivity index (χ4v) is 4.06. The van der Waals surface area contributed by atoms with Crippen LogP contribution in [0.5, 0.6) is 0 Å². The molecule has 1 aliphatic heterocycles. The van der Waals surface area contributed by atoms with E-state index < -0.39 is 21.2 Å². The first-order chi connectivity index (χ1) is 19.0. The number of nitriles is 1. The summed E-state index contributed by atoms with van der Waals surface area (Å²) in [5.74, 6) is -0.355. The smallest absolute Gasteiger partial charge is 0.300 e. The van der Waals surface area contributed by atoms with Crippen molar-refractivity contribution < 1.29 is 19.4 Å². The molecule has 0 fully saturated rings. The van der Waals surface area contributed by atoms with E-state index in [0.717, 1.165) is 48.5 Å². The zero-order valence-corrected chi connectivity index (χ0v) is 21.9. The number of carbonyl (C=O) groups excluding carboxylic acids is 2. The number of nitro benzene ring substituents is 2. The monoisotopic (exact) mass is 545 g/mol. The number of fused-ring (bicyclic) bond motifs is 1. The minimum absolute atomic E-state index is 0.178. The molecule has 0 saturated heterocycles. The fourth-order valence-electron chi connectivity index (χ4n) is 4.06. The summed E-state index contributed by atoms with van der Waals surface area (Å²) >= 11 is 0. The maximum atomic E-state index is 12.3. The second-order valence-electron chi connectivity index (χ2n) is 9.03. The summed E-state index contributed by atoms with van der Waals surface area (Å²) in [6.07, 6.45) is 1.68. The zero-order valence-electron chi connectivity index (χ0n) is 21.9. The predicted octanol–water partition coefficient (Wildman–Crippen LogP) is 4.05. The molecule has 2 amide bonds. The Hall–Kier alpha value is -5.51. The molecule has 4 rings (SSSR count). The lowest BCUT2D eigenvalue weighted by molar-refractivity contribution is -0.393. The SMILES string of the molecule is Cc1cc(N(C)CCCCN2C(=O)c3ccccc3C2=O)ccc1N.N#Cc1cc([N+](=O)[O-])cc([N+](=O)[O-])c1N. The van der Waals surface area contributed by atoms with Crippen LogP contribution in [0.15, 0.2) is 54.6 Å². The lowest BCUT2D eigenvalue weighted by atomic mass is 10.1. The number of nitrogens with zero attached hydrogens (tertiary/aromatic N) is 5. The highest BCUT2D eigenvalue weighted by molar-refractivity contribution is 6.21. The Morgan fingerprint density at radius 2 is 1.57 bits per heavy atom. The van der Waals surface area contributed by atoms with E-state index in [2.05, 4.69) is 11.0 Å². The van der Waals surface area contributed by atoms with Crippen LogP contribution in [0.2, 0.25) is 0 Å². The van der Waals surface area contributed by atoms with Crippen LogP contribution >= 0.6 is 0 Å². The number of nitro groups is 2. The van der Waals surface area contributed by atoms with Gasteiger partial charge in [-0.2, -0.15) is 5.26 Å². The van der Waals surface area contributed by atoms with Crippen molar-refractivity contribution in [1.29, 1.82) is 5.26 Å². The van der Waals surface area contributed by atoms with Crippen molar-refractivity contribution in [2.75, 3.05) is 36.5 Å². The molecule has 40 heavy (non-hydrogen) atoms. The molecule has 3 aromatic carbocycles. The number of rotatable bonds is 8. The number of hydrogen-bond acceptors (Lipinski definition) is 10. The number of nitrogen functional groups attached to an aromatic ring is 2. The van der Waals surface area contributed by atoms with Crippen LogP contribution in [0.1, 0.15) is 44.7 Å². The van der Waals surface area contributed by atoms with Crippen molar-refractivity contribution >= 4 is 40.3 Å². The standard InChI is InChI=1S/C20H23N3O2.C7H4N4O4/c1-14-13-15(9-10-18(14)21)22(2)11-5-6-12-23-19(24)16-7-3-4-8-17(16)20(23)25;8-3-4-1-5(10(12)13)2-6(7(4)9)11(14)15/h3-4,7-10,13H,5-6,11-12,21H2,1-2H3;1-2H,9H2. The molecule has 0 radical (unpaired) electrons. The summed E-state index contributed by atoms with van der Waals surface area (Å²) in [5.41, 5.74) is 13.3. The van der Waals surface area contributed by atoms with Crippen molar-refractivity contribution in [3.63, 3.8) is 0 Å².